The number of benzene rings is 1. The number of hydrogen-bond acceptors (Lipinski definition) is 5. The SMILES string of the molecule is CC(=O)Oc1ccc(C[C]=O)cc1OC(C)=O. The summed E-state index contributed by atoms with van der Waals surface area (Å²) in [5.74, 6) is -0.804. The zero-order valence-corrected chi connectivity index (χ0v) is 9.48. The van der Waals surface area contributed by atoms with E-state index in [1.165, 1.54) is 26.0 Å². The van der Waals surface area contributed by atoms with Gasteiger partial charge in [0.2, 0.25) is 6.29 Å². The highest BCUT2D eigenvalue weighted by molar-refractivity contribution is 5.74. The first kappa shape index (κ1) is 12.9. The first-order chi connectivity index (χ1) is 8.02. The summed E-state index contributed by atoms with van der Waals surface area (Å²) in [6, 6.07) is 4.52. The average molecular weight is 235 g/mol. The predicted molar refractivity (Wildman–Crippen MR) is 58.5 cm³/mol. The molecule has 1 radical (unpaired) electrons. The summed E-state index contributed by atoms with van der Waals surface area (Å²) in [6.07, 6.45) is 1.80. The van der Waals surface area contributed by atoms with E-state index in [0.29, 0.717) is 5.56 Å². The third-order valence-electron chi connectivity index (χ3n) is 1.79. The van der Waals surface area contributed by atoms with Gasteiger partial charge in [0.15, 0.2) is 11.5 Å². The zero-order chi connectivity index (χ0) is 12.8. The van der Waals surface area contributed by atoms with Crippen molar-refractivity contribution in [2.45, 2.75) is 20.3 Å². The number of rotatable bonds is 4. The molecule has 0 saturated carbocycles. The summed E-state index contributed by atoms with van der Waals surface area (Å²) in [5, 5.41) is 0. The molecule has 0 amide bonds. The molecule has 1 rings (SSSR count). The first-order valence-electron chi connectivity index (χ1n) is 4.87. The molecule has 0 aliphatic heterocycles. The van der Waals surface area contributed by atoms with Gasteiger partial charge in [-0.25, -0.2) is 0 Å². The normalized spacial score (nSPS) is 9.53. The van der Waals surface area contributed by atoms with Gasteiger partial charge in [-0.3, -0.25) is 14.4 Å². The third-order valence-corrected chi connectivity index (χ3v) is 1.79. The Labute approximate surface area is 98.3 Å². The van der Waals surface area contributed by atoms with E-state index in [0.717, 1.165) is 0 Å². The fourth-order valence-corrected chi connectivity index (χ4v) is 1.22. The van der Waals surface area contributed by atoms with Crippen molar-refractivity contribution in [3.05, 3.63) is 23.8 Å². The van der Waals surface area contributed by atoms with Crippen LogP contribution in [0, 0.1) is 0 Å². The van der Waals surface area contributed by atoms with Crippen molar-refractivity contribution in [2.24, 2.45) is 0 Å². The lowest BCUT2D eigenvalue weighted by atomic mass is 10.1. The molecule has 5 nitrogen and oxygen atoms in total. The van der Waals surface area contributed by atoms with E-state index >= 15 is 0 Å². The number of carbonyl (C=O) groups is 2. The Balaban J connectivity index is 3.06. The van der Waals surface area contributed by atoms with Crippen molar-refractivity contribution in [1.82, 2.24) is 0 Å². The summed E-state index contributed by atoms with van der Waals surface area (Å²) >= 11 is 0. The van der Waals surface area contributed by atoms with Gasteiger partial charge in [-0.2, -0.15) is 0 Å². The van der Waals surface area contributed by atoms with Crippen LogP contribution in [0.25, 0.3) is 0 Å². The van der Waals surface area contributed by atoms with E-state index in [1.54, 1.807) is 12.4 Å². The maximum Gasteiger partial charge on any atom is 0.308 e. The molecule has 0 N–H and O–H groups in total. The van der Waals surface area contributed by atoms with Gasteiger partial charge in [0, 0.05) is 20.3 Å². The molecule has 0 fully saturated rings. The Morgan fingerprint density at radius 1 is 1.12 bits per heavy atom. The van der Waals surface area contributed by atoms with E-state index < -0.39 is 11.9 Å². The third kappa shape index (κ3) is 4.06. The lowest BCUT2D eigenvalue weighted by molar-refractivity contribution is -0.134. The number of esters is 2. The monoisotopic (exact) mass is 235 g/mol. The molecule has 0 heterocycles. The van der Waals surface area contributed by atoms with E-state index in [9.17, 15) is 14.4 Å². The van der Waals surface area contributed by atoms with Gasteiger partial charge < -0.3 is 9.47 Å². The van der Waals surface area contributed by atoms with Crippen LogP contribution in [-0.2, 0) is 20.8 Å². The van der Waals surface area contributed by atoms with Crippen molar-refractivity contribution in [2.75, 3.05) is 0 Å². The molecule has 0 saturated heterocycles. The zero-order valence-electron chi connectivity index (χ0n) is 9.48. The van der Waals surface area contributed by atoms with Crippen LogP contribution in [-0.4, -0.2) is 18.2 Å². The maximum absolute atomic E-state index is 10.9. The van der Waals surface area contributed by atoms with E-state index in [1.807, 2.05) is 0 Å². The molecule has 0 aliphatic rings. The van der Waals surface area contributed by atoms with Gasteiger partial charge in [0.25, 0.3) is 0 Å². The molecular formula is C12H11O5. The molecule has 0 spiro atoms. The number of carbonyl (C=O) groups excluding carboxylic acids is 3. The number of ether oxygens (including phenoxy) is 2. The Kier molecular flexibility index (Phi) is 4.39. The van der Waals surface area contributed by atoms with Gasteiger partial charge in [0.1, 0.15) is 0 Å². The van der Waals surface area contributed by atoms with Crippen molar-refractivity contribution < 1.29 is 23.9 Å². The van der Waals surface area contributed by atoms with E-state index in [2.05, 4.69) is 0 Å². The minimum atomic E-state index is -0.536. The van der Waals surface area contributed by atoms with Gasteiger partial charge in [-0.15, -0.1) is 0 Å². The molecule has 1 aromatic carbocycles. The summed E-state index contributed by atoms with van der Waals surface area (Å²) in [7, 11) is 0. The molecule has 0 atom stereocenters. The number of hydrogen-bond donors (Lipinski definition) is 0. The Hall–Kier alpha value is -2.17. The highest BCUT2D eigenvalue weighted by Crippen LogP contribution is 2.28. The van der Waals surface area contributed by atoms with Crippen molar-refractivity contribution >= 4 is 18.2 Å². The van der Waals surface area contributed by atoms with Crippen LogP contribution in [0.5, 0.6) is 11.5 Å². The van der Waals surface area contributed by atoms with Crippen LogP contribution in [0.3, 0.4) is 0 Å². The lowest BCUT2D eigenvalue weighted by Gasteiger charge is -2.09. The molecule has 89 valence electrons. The predicted octanol–water partition coefficient (Wildman–Crippen LogP) is 1.19. The molecular weight excluding hydrogens is 224 g/mol. The largest absolute Gasteiger partial charge is 0.423 e. The fourth-order valence-electron chi connectivity index (χ4n) is 1.22. The fraction of sp³-hybridized carbons (Fsp3) is 0.250. The minimum Gasteiger partial charge on any atom is -0.423 e. The lowest BCUT2D eigenvalue weighted by Crippen LogP contribution is -2.07. The quantitative estimate of drug-likeness (QED) is 0.579. The molecule has 5 heteroatoms. The standard InChI is InChI=1S/C12H11O5/c1-8(14)16-11-4-3-10(5-6-13)7-12(11)17-9(2)15/h3-4,7H,5H2,1-2H3. The Bertz CT molecular complexity index is 450. The molecule has 0 aliphatic carbocycles. The van der Waals surface area contributed by atoms with Crippen molar-refractivity contribution in [1.29, 1.82) is 0 Å². The molecule has 17 heavy (non-hydrogen) atoms. The topological polar surface area (TPSA) is 69.7 Å². The van der Waals surface area contributed by atoms with Crippen LogP contribution >= 0.6 is 0 Å². The second kappa shape index (κ2) is 5.79. The second-order valence-electron chi connectivity index (χ2n) is 3.29. The van der Waals surface area contributed by atoms with Gasteiger partial charge in [0.05, 0.1) is 0 Å². The van der Waals surface area contributed by atoms with Crippen LogP contribution in [0.1, 0.15) is 19.4 Å². The van der Waals surface area contributed by atoms with Gasteiger partial charge in [-0.05, 0) is 17.7 Å². The highest BCUT2D eigenvalue weighted by Gasteiger charge is 2.10. The van der Waals surface area contributed by atoms with Gasteiger partial charge in [-0.1, -0.05) is 6.07 Å². The van der Waals surface area contributed by atoms with Crippen LogP contribution < -0.4 is 9.47 Å². The second-order valence-corrected chi connectivity index (χ2v) is 3.29. The van der Waals surface area contributed by atoms with Gasteiger partial charge >= 0.3 is 11.9 Å². The Morgan fingerprint density at radius 3 is 2.24 bits per heavy atom. The van der Waals surface area contributed by atoms with Crippen LogP contribution in [0.2, 0.25) is 0 Å². The average Bonchev–Trinajstić information content (AvgIpc) is 2.21. The minimum absolute atomic E-state index is 0.0780. The van der Waals surface area contributed by atoms with E-state index in [-0.39, 0.29) is 17.9 Å². The summed E-state index contributed by atoms with van der Waals surface area (Å²) < 4.78 is 9.75. The molecule has 0 bridgehead atoms. The first-order valence-corrected chi connectivity index (χ1v) is 4.87. The highest BCUT2D eigenvalue weighted by atomic mass is 16.6. The van der Waals surface area contributed by atoms with Crippen LogP contribution in [0.4, 0.5) is 0 Å². The summed E-state index contributed by atoms with van der Waals surface area (Å²) in [6.45, 7) is 2.47. The van der Waals surface area contributed by atoms with E-state index in [4.69, 9.17) is 9.47 Å². The smallest absolute Gasteiger partial charge is 0.308 e. The summed E-state index contributed by atoms with van der Waals surface area (Å²) in [4.78, 5) is 32.0. The molecule has 0 aromatic heterocycles. The van der Waals surface area contributed by atoms with Crippen LogP contribution in [0.15, 0.2) is 18.2 Å². The summed E-state index contributed by atoms with van der Waals surface area (Å²) in [5.41, 5.74) is 0.618. The van der Waals surface area contributed by atoms with Crippen molar-refractivity contribution in [3.63, 3.8) is 0 Å². The molecule has 1 aromatic rings. The molecule has 0 unspecified atom stereocenters. The van der Waals surface area contributed by atoms with Crippen molar-refractivity contribution in [3.8, 4) is 11.5 Å². The Morgan fingerprint density at radius 2 is 1.71 bits per heavy atom. The maximum atomic E-state index is 10.9.